The van der Waals surface area contributed by atoms with E-state index in [2.05, 4.69) is 43.5 Å². The fourth-order valence-electron chi connectivity index (χ4n) is 6.12. The van der Waals surface area contributed by atoms with Gasteiger partial charge in [0.15, 0.2) is 6.29 Å². The van der Waals surface area contributed by atoms with Crippen molar-refractivity contribution in [3.05, 3.63) is 36.5 Å². The molecular formula is C41H75NO8. The van der Waals surface area contributed by atoms with Gasteiger partial charge in [-0.2, -0.15) is 0 Å². The minimum Gasteiger partial charge on any atom is -0.394 e. The molecule has 1 amide bonds. The Morgan fingerprint density at radius 2 is 1.18 bits per heavy atom. The summed E-state index contributed by atoms with van der Waals surface area (Å²) < 4.78 is 11.1. The number of aliphatic hydroxyl groups excluding tert-OH is 5. The molecule has 1 aliphatic heterocycles. The van der Waals surface area contributed by atoms with Gasteiger partial charge in [0.1, 0.15) is 24.4 Å². The zero-order valence-corrected chi connectivity index (χ0v) is 31.6. The Morgan fingerprint density at radius 3 is 1.74 bits per heavy atom. The Kier molecular flexibility index (Phi) is 29.8. The van der Waals surface area contributed by atoms with Gasteiger partial charge in [0.25, 0.3) is 0 Å². The Hall–Kier alpha value is -1.59. The van der Waals surface area contributed by atoms with Crippen molar-refractivity contribution < 1.29 is 39.8 Å². The molecule has 0 aromatic heterocycles. The smallest absolute Gasteiger partial charge is 0.220 e. The summed E-state index contributed by atoms with van der Waals surface area (Å²) in [6.45, 7) is 3.69. The summed E-state index contributed by atoms with van der Waals surface area (Å²) in [7, 11) is 0. The molecule has 0 saturated carbocycles. The second kappa shape index (κ2) is 32.1. The zero-order valence-electron chi connectivity index (χ0n) is 31.6. The van der Waals surface area contributed by atoms with Gasteiger partial charge >= 0.3 is 0 Å². The van der Waals surface area contributed by atoms with E-state index in [9.17, 15) is 30.3 Å². The van der Waals surface area contributed by atoms with Gasteiger partial charge in [-0.1, -0.05) is 140 Å². The minimum atomic E-state index is -1.57. The number of hydrogen-bond acceptors (Lipinski definition) is 8. The first-order chi connectivity index (χ1) is 24.3. The van der Waals surface area contributed by atoms with Crippen LogP contribution in [0.25, 0.3) is 0 Å². The molecule has 0 radical (unpaired) electrons. The Balaban J connectivity index is 2.38. The average Bonchev–Trinajstić information content (AvgIpc) is 3.11. The number of amides is 1. The molecule has 0 aromatic carbocycles. The van der Waals surface area contributed by atoms with E-state index >= 15 is 0 Å². The van der Waals surface area contributed by atoms with Crippen LogP contribution in [-0.4, -0.2) is 87.5 Å². The van der Waals surface area contributed by atoms with E-state index in [1.807, 2.05) is 6.08 Å². The molecule has 50 heavy (non-hydrogen) atoms. The van der Waals surface area contributed by atoms with Gasteiger partial charge in [-0.05, 0) is 51.4 Å². The van der Waals surface area contributed by atoms with E-state index in [0.717, 1.165) is 57.8 Å². The Bertz CT molecular complexity index is 879. The van der Waals surface area contributed by atoms with Crippen molar-refractivity contribution in [1.29, 1.82) is 0 Å². The molecule has 1 heterocycles. The van der Waals surface area contributed by atoms with Crippen molar-refractivity contribution in [2.75, 3.05) is 13.2 Å². The van der Waals surface area contributed by atoms with E-state index in [-0.39, 0.29) is 12.5 Å². The topological polar surface area (TPSA) is 149 Å². The highest BCUT2D eigenvalue weighted by molar-refractivity contribution is 5.76. The molecule has 1 aliphatic rings. The number of carbonyl (C=O) groups is 1. The highest BCUT2D eigenvalue weighted by Crippen LogP contribution is 2.22. The normalized spacial score (nSPS) is 22.6. The van der Waals surface area contributed by atoms with Gasteiger partial charge in [0, 0.05) is 6.42 Å². The second-order valence-electron chi connectivity index (χ2n) is 14.1. The lowest BCUT2D eigenvalue weighted by molar-refractivity contribution is -0.302. The number of aliphatic hydroxyl groups is 5. The van der Waals surface area contributed by atoms with Crippen LogP contribution in [0.1, 0.15) is 162 Å². The number of hydrogen-bond donors (Lipinski definition) is 6. The molecule has 1 fully saturated rings. The van der Waals surface area contributed by atoms with E-state index < -0.39 is 49.5 Å². The first-order valence-electron chi connectivity index (χ1n) is 20.2. The van der Waals surface area contributed by atoms with Crippen LogP contribution in [0.3, 0.4) is 0 Å². The van der Waals surface area contributed by atoms with E-state index in [0.29, 0.717) is 6.42 Å². The summed E-state index contributed by atoms with van der Waals surface area (Å²) in [5, 5.41) is 53.8. The maximum absolute atomic E-state index is 12.9. The molecule has 0 bridgehead atoms. The van der Waals surface area contributed by atoms with Gasteiger partial charge < -0.3 is 40.3 Å². The maximum Gasteiger partial charge on any atom is 0.220 e. The number of unbranched alkanes of at least 4 members (excludes halogenated alkanes) is 18. The van der Waals surface area contributed by atoms with Crippen LogP contribution in [-0.2, 0) is 14.3 Å². The van der Waals surface area contributed by atoms with Crippen molar-refractivity contribution >= 4 is 5.91 Å². The third-order valence-corrected chi connectivity index (χ3v) is 9.46. The quantitative estimate of drug-likeness (QED) is 0.0314. The first-order valence-corrected chi connectivity index (χ1v) is 20.2. The molecule has 6 N–H and O–H groups in total. The summed E-state index contributed by atoms with van der Waals surface area (Å²) in [4.78, 5) is 12.9. The fourth-order valence-corrected chi connectivity index (χ4v) is 6.12. The highest BCUT2D eigenvalue weighted by Gasteiger charge is 2.44. The number of nitrogens with one attached hydrogen (secondary N) is 1. The molecule has 0 aromatic rings. The standard InChI is InChI=1S/C41H75NO8/c1-3-5-7-9-11-13-14-15-16-17-18-19-20-21-23-25-27-29-31-37(45)42-34(35(44)30-28-26-24-22-12-10-8-6-4-2)33-49-41-40(48)39(47)38(46)36(32-43)50-41/h13-14,16-17,28,30,34-36,38-41,43-44,46-48H,3-12,15,18-27,29,31-33H2,1-2H3,(H,42,45)/b14-13-,17-16-,30-28+. The van der Waals surface area contributed by atoms with Crippen LogP contribution in [0.4, 0.5) is 0 Å². The predicted molar refractivity (Wildman–Crippen MR) is 203 cm³/mol. The third kappa shape index (κ3) is 23.1. The lowest BCUT2D eigenvalue weighted by Gasteiger charge is -2.40. The molecule has 9 nitrogen and oxygen atoms in total. The van der Waals surface area contributed by atoms with Crippen molar-refractivity contribution in [1.82, 2.24) is 5.32 Å². The lowest BCUT2D eigenvalue weighted by Crippen LogP contribution is -2.60. The van der Waals surface area contributed by atoms with Crippen molar-refractivity contribution in [2.24, 2.45) is 0 Å². The van der Waals surface area contributed by atoms with Crippen LogP contribution in [0.15, 0.2) is 36.5 Å². The Labute approximate surface area is 304 Å². The molecule has 1 saturated heterocycles. The average molecular weight is 710 g/mol. The van der Waals surface area contributed by atoms with Crippen LogP contribution >= 0.6 is 0 Å². The summed E-state index contributed by atoms with van der Waals surface area (Å²) in [6, 6.07) is -0.805. The fraction of sp³-hybridized carbons (Fsp3) is 0.829. The summed E-state index contributed by atoms with van der Waals surface area (Å²) in [6.07, 6.45) is 30.5. The van der Waals surface area contributed by atoms with Gasteiger partial charge in [-0.3, -0.25) is 4.79 Å². The molecule has 1 rings (SSSR count). The third-order valence-electron chi connectivity index (χ3n) is 9.46. The molecule has 9 heteroatoms. The highest BCUT2D eigenvalue weighted by atomic mass is 16.7. The summed E-state index contributed by atoms with van der Waals surface area (Å²) >= 11 is 0. The van der Waals surface area contributed by atoms with Crippen molar-refractivity contribution in [2.45, 2.75) is 204 Å². The van der Waals surface area contributed by atoms with Gasteiger partial charge in [0.05, 0.1) is 25.4 Å². The molecular weight excluding hydrogens is 634 g/mol. The maximum atomic E-state index is 12.9. The zero-order chi connectivity index (χ0) is 36.7. The first kappa shape index (κ1) is 46.4. The lowest BCUT2D eigenvalue weighted by atomic mass is 9.99. The Morgan fingerprint density at radius 1 is 0.680 bits per heavy atom. The van der Waals surface area contributed by atoms with Gasteiger partial charge in [-0.15, -0.1) is 0 Å². The summed E-state index contributed by atoms with van der Waals surface area (Å²) in [5.74, 6) is -0.190. The van der Waals surface area contributed by atoms with E-state index in [4.69, 9.17) is 9.47 Å². The number of carbonyl (C=O) groups excluding carboxylic acids is 1. The molecule has 7 atom stereocenters. The minimum absolute atomic E-state index is 0.190. The van der Waals surface area contributed by atoms with Gasteiger partial charge in [0.2, 0.25) is 5.91 Å². The van der Waals surface area contributed by atoms with Crippen LogP contribution in [0.5, 0.6) is 0 Å². The molecule has 292 valence electrons. The van der Waals surface area contributed by atoms with Crippen LogP contribution in [0.2, 0.25) is 0 Å². The van der Waals surface area contributed by atoms with E-state index in [1.54, 1.807) is 6.08 Å². The number of ether oxygens (including phenoxy) is 2. The van der Waals surface area contributed by atoms with E-state index in [1.165, 1.54) is 83.5 Å². The summed E-state index contributed by atoms with van der Waals surface area (Å²) in [5.41, 5.74) is 0. The largest absolute Gasteiger partial charge is 0.394 e. The van der Waals surface area contributed by atoms with Crippen LogP contribution in [0, 0.1) is 0 Å². The van der Waals surface area contributed by atoms with Crippen LogP contribution < -0.4 is 5.32 Å². The SMILES string of the molecule is CCCCCC/C=C\C/C=C\CCCCCCCCCC(=O)NC(COC1OC(CO)C(O)C(O)C1O)C(O)/C=C/CCCCCCCCC. The molecule has 7 unspecified atom stereocenters. The number of rotatable bonds is 32. The van der Waals surface area contributed by atoms with Crippen molar-refractivity contribution in [3.8, 4) is 0 Å². The molecule has 0 spiro atoms. The number of allylic oxidation sites excluding steroid dienone is 5. The molecule has 0 aliphatic carbocycles. The second-order valence-corrected chi connectivity index (χ2v) is 14.1. The van der Waals surface area contributed by atoms with Crippen molar-refractivity contribution in [3.63, 3.8) is 0 Å². The monoisotopic (exact) mass is 710 g/mol. The van der Waals surface area contributed by atoms with Gasteiger partial charge in [-0.25, -0.2) is 0 Å². The predicted octanol–water partition coefficient (Wildman–Crippen LogP) is 7.33.